The van der Waals surface area contributed by atoms with Crippen molar-refractivity contribution in [3.05, 3.63) is 71.3 Å². The second-order valence-corrected chi connectivity index (χ2v) is 4.49. The van der Waals surface area contributed by atoms with Crippen molar-refractivity contribution in [2.24, 2.45) is 0 Å². The van der Waals surface area contributed by atoms with E-state index in [1.54, 1.807) is 18.2 Å². The van der Waals surface area contributed by atoms with Crippen LogP contribution in [0.5, 0.6) is 0 Å². The molecule has 3 rings (SSSR count). The summed E-state index contributed by atoms with van der Waals surface area (Å²) in [5.41, 5.74) is 3.23. The SMILES string of the molecule is O=C(NC1CCc2ccccc21)c1c[c][c]cc1. The van der Waals surface area contributed by atoms with Crippen LogP contribution in [0.3, 0.4) is 0 Å². The third-order valence-corrected chi connectivity index (χ3v) is 3.36. The Hall–Kier alpha value is -2.09. The number of hydrogen-bond acceptors (Lipinski definition) is 1. The maximum absolute atomic E-state index is 12.1. The number of benzene rings is 2. The number of carbonyl (C=O) groups is 1. The second kappa shape index (κ2) is 4.65. The molecule has 2 nitrogen and oxygen atoms in total. The van der Waals surface area contributed by atoms with Gasteiger partial charge in [0.25, 0.3) is 5.91 Å². The van der Waals surface area contributed by atoms with Gasteiger partial charge in [-0.2, -0.15) is 0 Å². The van der Waals surface area contributed by atoms with Crippen LogP contribution in [0.1, 0.15) is 33.9 Å². The lowest BCUT2D eigenvalue weighted by Crippen LogP contribution is -2.27. The second-order valence-electron chi connectivity index (χ2n) is 4.49. The quantitative estimate of drug-likeness (QED) is 0.852. The van der Waals surface area contributed by atoms with Gasteiger partial charge in [-0.1, -0.05) is 30.3 Å². The highest BCUT2D eigenvalue weighted by molar-refractivity contribution is 5.94. The number of rotatable bonds is 2. The molecule has 0 bridgehead atoms. The molecule has 0 saturated carbocycles. The van der Waals surface area contributed by atoms with Crippen LogP contribution in [0.2, 0.25) is 0 Å². The molecule has 1 N–H and O–H groups in total. The molecule has 0 saturated heterocycles. The summed E-state index contributed by atoms with van der Waals surface area (Å²) in [7, 11) is 0. The fourth-order valence-electron chi connectivity index (χ4n) is 2.44. The molecule has 2 aromatic carbocycles. The molecular weight excluding hydrogens is 222 g/mol. The Morgan fingerprint density at radius 2 is 2.11 bits per heavy atom. The topological polar surface area (TPSA) is 29.1 Å². The van der Waals surface area contributed by atoms with E-state index in [0.29, 0.717) is 5.56 Å². The van der Waals surface area contributed by atoms with Gasteiger partial charge >= 0.3 is 0 Å². The molecule has 1 aliphatic carbocycles. The number of aryl methyl sites for hydroxylation is 1. The van der Waals surface area contributed by atoms with Gasteiger partial charge in [0.15, 0.2) is 0 Å². The van der Waals surface area contributed by atoms with Gasteiger partial charge in [0, 0.05) is 5.56 Å². The zero-order valence-corrected chi connectivity index (χ0v) is 9.94. The van der Waals surface area contributed by atoms with Crippen LogP contribution in [0, 0.1) is 12.1 Å². The number of hydrogen-bond donors (Lipinski definition) is 1. The van der Waals surface area contributed by atoms with Crippen LogP contribution in [0.15, 0.2) is 42.5 Å². The van der Waals surface area contributed by atoms with E-state index in [1.807, 2.05) is 12.1 Å². The Bertz CT molecular complexity index is 562. The Morgan fingerprint density at radius 3 is 2.94 bits per heavy atom. The Kier molecular flexibility index (Phi) is 2.85. The van der Waals surface area contributed by atoms with E-state index in [-0.39, 0.29) is 11.9 Å². The molecule has 0 aromatic heterocycles. The van der Waals surface area contributed by atoms with Crippen LogP contribution in [0.4, 0.5) is 0 Å². The third-order valence-electron chi connectivity index (χ3n) is 3.36. The first-order chi connectivity index (χ1) is 8.84. The Balaban J connectivity index is 1.77. The van der Waals surface area contributed by atoms with Gasteiger partial charge in [-0.25, -0.2) is 0 Å². The van der Waals surface area contributed by atoms with Crippen molar-refractivity contribution in [1.29, 1.82) is 0 Å². The first kappa shape index (κ1) is 11.0. The standard InChI is InChI=1S/C16H13NO/c18-16(13-7-2-1-3-8-13)17-15-11-10-12-6-4-5-9-14(12)15/h2,4-9,15H,10-11H2,(H,17,18). The summed E-state index contributed by atoms with van der Waals surface area (Å²) < 4.78 is 0. The lowest BCUT2D eigenvalue weighted by Gasteiger charge is -2.14. The highest BCUT2D eigenvalue weighted by Crippen LogP contribution is 2.30. The third kappa shape index (κ3) is 2.02. The van der Waals surface area contributed by atoms with Crippen LogP contribution in [-0.2, 0) is 6.42 Å². The normalized spacial score (nSPS) is 17.2. The molecule has 0 aliphatic heterocycles. The van der Waals surface area contributed by atoms with E-state index in [0.717, 1.165) is 12.8 Å². The summed E-state index contributed by atoms with van der Waals surface area (Å²) in [4.78, 5) is 12.1. The predicted octanol–water partition coefficient (Wildman–Crippen LogP) is 2.70. The molecule has 1 aliphatic rings. The lowest BCUT2D eigenvalue weighted by atomic mass is 10.1. The monoisotopic (exact) mass is 235 g/mol. The Morgan fingerprint density at radius 1 is 1.22 bits per heavy atom. The van der Waals surface area contributed by atoms with Gasteiger partial charge in [-0.15, -0.1) is 0 Å². The first-order valence-corrected chi connectivity index (χ1v) is 6.11. The molecule has 2 aromatic rings. The van der Waals surface area contributed by atoms with Gasteiger partial charge in [-0.3, -0.25) is 4.79 Å². The van der Waals surface area contributed by atoms with Crippen molar-refractivity contribution >= 4 is 5.91 Å². The van der Waals surface area contributed by atoms with Crippen molar-refractivity contribution in [2.75, 3.05) is 0 Å². The van der Waals surface area contributed by atoms with Gasteiger partial charge in [0.05, 0.1) is 6.04 Å². The molecular formula is C16H13NO. The zero-order valence-electron chi connectivity index (χ0n) is 9.94. The summed E-state index contributed by atoms with van der Waals surface area (Å²) in [6.07, 6.45) is 2.02. The molecule has 0 fully saturated rings. The average Bonchev–Trinajstić information content (AvgIpc) is 2.83. The summed E-state index contributed by atoms with van der Waals surface area (Å²) in [6.45, 7) is 0. The van der Waals surface area contributed by atoms with Gasteiger partial charge in [-0.05, 0) is 48.2 Å². The number of nitrogens with one attached hydrogen (secondary N) is 1. The van der Waals surface area contributed by atoms with Crippen LogP contribution < -0.4 is 5.32 Å². The van der Waals surface area contributed by atoms with Crippen molar-refractivity contribution in [1.82, 2.24) is 5.32 Å². The highest BCUT2D eigenvalue weighted by Gasteiger charge is 2.23. The maximum atomic E-state index is 12.1. The average molecular weight is 235 g/mol. The van der Waals surface area contributed by atoms with Crippen LogP contribution in [-0.4, -0.2) is 5.91 Å². The van der Waals surface area contributed by atoms with E-state index in [4.69, 9.17) is 0 Å². The highest BCUT2D eigenvalue weighted by atomic mass is 16.1. The van der Waals surface area contributed by atoms with Crippen molar-refractivity contribution in [3.63, 3.8) is 0 Å². The maximum Gasteiger partial charge on any atom is 0.251 e. The van der Waals surface area contributed by atoms with E-state index in [2.05, 4.69) is 29.6 Å². The predicted molar refractivity (Wildman–Crippen MR) is 69.1 cm³/mol. The van der Waals surface area contributed by atoms with Crippen molar-refractivity contribution in [2.45, 2.75) is 18.9 Å². The van der Waals surface area contributed by atoms with E-state index >= 15 is 0 Å². The zero-order chi connectivity index (χ0) is 12.4. The van der Waals surface area contributed by atoms with Gasteiger partial charge in [0.1, 0.15) is 0 Å². The Labute approximate surface area is 107 Å². The first-order valence-electron chi connectivity index (χ1n) is 6.11. The van der Waals surface area contributed by atoms with Gasteiger partial charge < -0.3 is 5.32 Å². The minimum absolute atomic E-state index is 0.0399. The number of amides is 1. The molecule has 1 amide bonds. The minimum Gasteiger partial charge on any atom is -0.345 e. The molecule has 0 heterocycles. The molecule has 2 heteroatoms. The lowest BCUT2D eigenvalue weighted by molar-refractivity contribution is 0.0936. The van der Waals surface area contributed by atoms with E-state index in [9.17, 15) is 4.79 Å². The molecule has 0 spiro atoms. The molecule has 88 valence electrons. The number of carbonyl (C=O) groups excluding carboxylic acids is 1. The molecule has 1 atom stereocenters. The van der Waals surface area contributed by atoms with Crippen LogP contribution >= 0.6 is 0 Å². The molecule has 2 radical (unpaired) electrons. The summed E-state index contributed by atoms with van der Waals surface area (Å²) in [6, 6.07) is 19.2. The largest absolute Gasteiger partial charge is 0.345 e. The van der Waals surface area contributed by atoms with E-state index < -0.39 is 0 Å². The molecule has 18 heavy (non-hydrogen) atoms. The fraction of sp³-hybridized carbons (Fsp3) is 0.188. The number of fused-ring (bicyclic) bond motifs is 1. The molecule has 1 unspecified atom stereocenters. The van der Waals surface area contributed by atoms with Crippen molar-refractivity contribution < 1.29 is 4.79 Å². The summed E-state index contributed by atoms with van der Waals surface area (Å²) >= 11 is 0. The fourth-order valence-corrected chi connectivity index (χ4v) is 2.44. The smallest absolute Gasteiger partial charge is 0.251 e. The van der Waals surface area contributed by atoms with Gasteiger partial charge in [0.2, 0.25) is 0 Å². The summed E-state index contributed by atoms with van der Waals surface area (Å²) in [5.74, 6) is -0.0399. The van der Waals surface area contributed by atoms with Crippen LogP contribution in [0.25, 0.3) is 0 Å². The van der Waals surface area contributed by atoms with Crippen molar-refractivity contribution in [3.8, 4) is 0 Å². The van der Waals surface area contributed by atoms with E-state index in [1.165, 1.54) is 11.1 Å². The minimum atomic E-state index is -0.0399. The summed E-state index contributed by atoms with van der Waals surface area (Å²) in [5, 5.41) is 3.08.